The van der Waals surface area contributed by atoms with Crippen LogP contribution in [0, 0.1) is 0 Å². The highest BCUT2D eigenvalue weighted by molar-refractivity contribution is 6.23. The lowest BCUT2D eigenvalue weighted by molar-refractivity contribution is 1.18. The first kappa shape index (κ1) is 27.8. The van der Waals surface area contributed by atoms with Crippen molar-refractivity contribution in [3.05, 3.63) is 176 Å². The molecule has 8 aromatic carbocycles. The number of nitrogens with zero attached hydrogens (tertiary/aromatic N) is 3. The van der Waals surface area contributed by atoms with Crippen LogP contribution >= 0.6 is 0 Å². The lowest BCUT2D eigenvalue weighted by Crippen LogP contribution is -1.97. The fourth-order valence-corrected chi connectivity index (χ4v) is 9.12. The van der Waals surface area contributed by atoms with E-state index in [0.29, 0.717) is 0 Å². The zero-order valence-electron chi connectivity index (χ0n) is 28.1. The Hall–Kier alpha value is -6.97. The highest BCUT2D eigenvalue weighted by atomic mass is 15.0. The van der Waals surface area contributed by atoms with E-state index in [4.69, 9.17) is 4.98 Å². The molecule has 0 aliphatic heterocycles. The summed E-state index contributed by atoms with van der Waals surface area (Å²) in [4.78, 5) is 4.70. The van der Waals surface area contributed by atoms with Gasteiger partial charge in [-0.1, -0.05) is 109 Å². The van der Waals surface area contributed by atoms with Crippen molar-refractivity contribution >= 4 is 65.2 Å². The van der Waals surface area contributed by atoms with Gasteiger partial charge in [0.2, 0.25) is 0 Å². The second kappa shape index (κ2) is 10.3. The van der Waals surface area contributed by atoms with Gasteiger partial charge in [-0.25, -0.2) is 0 Å². The molecule has 3 aromatic heterocycles. The normalized spacial score (nSPS) is 12.2. The summed E-state index contributed by atoms with van der Waals surface area (Å²) >= 11 is 0. The molecule has 0 spiro atoms. The highest BCUT2D eigenvalue weighted by Gasteiger charge is 2.27. The second-order valence-electron chi connectivity index (χ2n) is 14.0. The minimum Gasteiger partial charge on any atom is -0.309 e. The van der Waals surface area contributed by atoms with E-state index in [1.807, 2.05) is 12.4 Å². The molecule has 1 aliphatic rings. The molecule has 0 fully saturated rings. The van der Waals surface area contributed by atoms with E-state index < -0.39 is 0 Å². The molecule has 3 heterocycles. The van der Waals surface area contributed by atoms with Gasteiger partial charge in [0.15, 0.2) is 0 Å². The number of rotatable bonds is 3. The van der Waals surface area contributed by atoms with Crippen LogP contribution in [-0.4, -0.2) is 14.1 Å². The molecule has 0 saturated carbocycles. The van der Waals surface area contributed by atoms with Gasteiger partial charge < -0.3 is 9.13 Å². The van der Waals surface area contributed by atoms with Crippen molar-refractivity contribution in [2.24, 2.45) is 0 Å². The van der Waals surface area contributed by atoms with Gasteiger partial charge in [0.25, 0.3) is 0 Å². The van der Waals surface area contributed by atoms with Crippen molar-refractivity contribution in [1.29, 1.82) is 0 Å². The third-order valence-electron chi connectivity index (χ3n) is 11.3. The molecular weight excluding hydrogens is 631 g/mol. The van der Waals surface area contributed by atoms with Gasteiger partial charge in [-0.3, -0.25) is 4.98 Å². The van der Waals surface area contributed by atoms with E-state index in [0.717, 1.165) is 0 Å². The molecule has 0 saturated heterocycles. The molecule has 52 heavy (non-hydrogen) atoms. The average Bonchev–Trinajstić information content (AvgIpc) is 3.85. The molecule has 12 rings (SSSR count). The van der Waals surface area contributed by atoms with Crippen LogP contribution in [-0.2, 0) is 0 Å². The summed E-state index contributed by atoms with van der Waals surface area (Å²) in [6.07, 6.45) is 4.03. The van der Waals surface area contributed by atoms with Crippen LogP contribution in [0.1, 0.15) is 0 Å². The Labute approximate surface area is 299 Å². The van der Waals surface area contributed by atoms with Crippen LogP contribution in [0.5, 0.6) is 0 Å². The molecule has 0 radical (unpaired) electrons. The summed E-state index contributed by atoms with van der Waals surface area (Å²) in [5.41, 5.74) is 14.6. The van der Waals surface area contributed by atoms with E-state index in [1.54, 1.807) is 0 Å². The molecule has 3 nitrogen and oxygen atoms in total. The van der Waals surface area contributed by atoms with E-state index in [2.05, 4.69) is 173 Å². The Balaban J connectivity index is 1.13. The maximum absolute atomic E-state index is 4.70. The van der Waals surface area contributed by atoms with Crippen LogP contribution in [0.15, 0.2) is 176 Å². The average molecular weight is 660 g/mol. The van der Waals surface area contributed by atoms with Crippen molar-refractivity contribution < 1.29 is 0 Å². The monoisotopic (exact) mass is 659 g/mol. The molecule has 0 atom stereocenters. The first-order chi connectivity index (χ1) is 25.8. The van der Waals surface area contributed by atoms with Crippen LogP contribution < -0.4 is 0 Å². The lowest BCUT2D eigenvalue weighted by Gasteiger charge is -2.14. The van der Waals surface area contributed by atoms with Gasteiger partial charge in [-0.15, -0.1) is 0 Å². The fraction of sp³-hybridized carbons (Fsp3) is 0. The number of pyridine rings is 1. The summed E-state index contributed by atoms with van der Waals surface area (Å²) in [5, 5.41) is 10.0. The van der Waals surface area contributed by atoms with Crippen LogP contribution in [0.2, 0.25) is 0 Å². The lowest BCUT2D eigenvalue weighted by atomic mass is 9.99. The number of hydrogen-bond acceptors (Lipinski definition) is 1. The number of fused-ring (bicyclic) bond motifs is 11. The Morgan fingerprint density at radius 2 is 1.04 bits per heavy atom. The fourth-order valence-electron chi connectivity index (χ4n) is 9.12. The topological polar surface area (TPSA) is 22.8 Å². The molecule has 0 amide bonds. The van der Waals surface area contributed by atoms with E-state index in [9.17, 15) is 0 Å². The maximum atomic E-state index is 4.70. The largest absolute Gasteiger partial charge is 0.309 e. The van der Waals surface area contributed by atoms with Crippen LogP contribution in [0.3, 0.4) is 0 Å². The molecule has 0 bridgehead atoms. The zero-order valence-corrected chi connectivity index (χ0v) is 28.1. The van der Waals surface area contributed by atoms with Crippen molar-refractivity contribution in [2.75, 3.05) is 0 Å². The van der Waals surface area contributed by atoms with Crippen molar-refractivity contribution in [2.45, 2.75) is 0 Å². The number of para-hydroxylation sites is 2. The molecule has 0 N–H and O–H groups in total. The van der Waals surface area contributed by atoms with Gasteiger partial charge in [0.1, 0.15) is 0 Å². The van der Waals surface area contributed by atoms with Gasteiger partial charge in [0.05, 0.1) is 27.8 Å². The van der Waals surface area contributed by atoms with E-state index in [1.165, 1.54) is 110 Å². The predicted octanol–water partition coefficient (Wildman–Crippen LogP) is 12.9. The Morgan fingerprint density at radius 3 is 1.92 bits per heavy atom. The minimum atomic E-state index is 1.17. The maximum Gasteiger partial charge on any atom is 0.0547 e. The first-order valence-corrected chi connectivity index (χ1v) is 17.9. The SMILES string of the molecule is c1ccc(-n2c3ccccc3c3cc(-c4ccc5c(c4)c4c6ccccc6ccc4n5-c4cccc5c4-c4cncc6cccc-5c46)ccc32)cc1. The number of hydrogen-bond donors (Lipinski definition) is 0. The molecular formula is C49H29N3. The summed E-state index contributed by atoms with van der Waals surface area (Å²) < 4.78 is 4.87. The molecule has 0 unspecified atom stereocenters. The Bertz CT molecular complexity index is 3280. The van der Waals surface area contributed by atoms with Crippen molar-refractivity contribution in [1.82, 2.24) is 14.1 Å². The van der Waals surface area contributed by atoms with Gasteiger partial charge in [-0.05, 0) is 87.6 Å². The Kier molecular flexibility index (Phi) is 5.50. The molecule has 11 aromatic rings. The molecule has 240 valence electrons. The smallest absolute Gasteiger partial charge is 0.0547 e. The van der Waals surface area contributed by atoms with Crippen LogP contribution in [0.4, 0.5) is 0 Å². The van der Waals surface area contributed by atoms with E-state index >= 15 is 0 Å². The highest BCUT2D eigenvalue weighted by Crippen LogP contribution is 2.51. The molecule has 1 aliphatic carbocycles. The van der Waals surface area contributed by atoms with Crippen molar-refractivity contribution in [3.8, 4) is 44.8 Å². The molecule has 3 heteroatoms. The summed E-state index contributed by atoms with van der Waals surface area (Å²) in [5.74, 6) is 0. The third-order valence-corrected chi connectivity index (χ3v) is 11.3. The Morgan fingerprint density at radius 1 is 0.365 bits per heavy atom. The summed E-state index contributed by atoms with van der Waals surface area (Å²) in [7, 11) is 0. The number of benzene rings is 8. The third kappa shape index (κ3) is 3.66. The van der Waals surface area contributed by atoms with Gasteiger partial charge in [-0.2, -0.15) is 0 Å². The first-order valence-electron chi connectivity index (χ1n) is 17.9. The van der Waals surface area contributed by atoms with Crippen LogP contribution in [0.25, 0.3) is 110 Å². The quantitative estimate of drug-likeness (QED) is 0.185. The minimum absolute atomic E-state index is 1.17. The summed E-state index contributed by atoms with van der Waals surface area (Å²) in [6, 6.07) is 60.1. The summed E-state index contributed by atoms with van der Waals surface area (Å²) in [6.45, 7) is 0. The van der Waals surface area contributed by atoms with E-state index in [-0.39, 0.29) is 0 Å². The van der Waals surface area contributed by atoms with Crippen molar-refractivity contribution in [3.63, 3.8) is 0 Å². The zero-order chi connectivity index (χ0) is 33.9. The second-order valence-corrected chi connectivity index (χ2v) is 14.0. The standard InChI is InChI=1S/C49H29N3/c1-2-12-34(13-3-1)51-42-18-7-6-15-36(42)39-26-31(21-23-43(39)51)32-22-24-44-40(27-32)48-35-14-5-4-10-30(35)20-25-46(48)52(44)45-19-9-17-38-37-16-8-11-33-28-50-29-41(47(33)37)49(38)45/h1-29H. The number of aromatic nitrogens is 3. The van der Waals surface area contributed by atoms with Gasteiger partial charge in [0, 0.05) is 61.5 Å². The predicted molar refractivity (Wildman–Crippen MR) is 218 cm³/mol. The van der Waals surface area contributed by atoms with Gasteiger partial charge >= 0.3 is 0 Å².